The van der Waals surface area contributed by atoms with E-state index >= 15 is 0 Å². The minimum absolute atomic E-state index is 0.297. The van der Waals surface area contributed by atoms with E-state index in [9.17, 15) is 8.42 Å². The van der Waals surface area contributed by atoms with E-state index in [1.807, 2.05) is 0 Å². The first kappa shape index (κ1) is 32.9. The van der Waals surface area contributed by atoms with Crippen molar-refractivity contribution >= 4 is 10.1 Å². The molecule has 0 saturated carbocycles. The van der Waals surface area contributed by atoms with Gasteiger partial charge in [-0.05, 0) is 19.3 Å². The van der Waals surface area contributed by atoms with Crippen molar-refractivity contribution < 1.29 is 12.6 Å². The second-order valence-electron chi connectivity index (χ2n) is 10.2. The zero-order valence-electron chi connectivity index (χ0n) is 22.9. The molecule has 0 radical (unpaired) electrons. The molecule has 1 atom stereocenters. The molecule has 0 spiro atoms. The molecule has 0 N–H and O–H groups in total. The fourth-order valence-corrected chi connectivity index (χ4v) is 6.04. The third-order valence-corrected chi connectivity index (χ3v) is 8.70. The average Bonchev–Trinajstić information content (AvgIpc) is 2.80. The molecule has 0 aromatic carbocycles. The second-order valence-corrected chi connectivity index (χ2v) is 12.1. The molecule has 0 aromatic heterocycles. The van der Waals surface area contributed by atoms with Crippen LogP contribution in [-0.2, 0) is 14.3 Å². The summed E-state index contributed by atoms with van der Waals surface area (Å²) in [6.07, 6.45) is 28.9. The predicted octanol–water partition coefficient (Wildman–Crippen LogP) is 10.1. The molecule has 4 heteroatoms. The van der Waals surface area contributed by atoms with Crippen molar-refractivity contribution in [1.29, 1.82) is 0 Å². The van der Waals surface area contributed by atoms with E-state index in [4.69, 9.17) is 4.18 Å². The van der Waals surface area contributed by atoms with Gasteiger partial charge in [-0.2, -0.15) is 8.42 Å². The summed E-state index contributed by atoms with van der Waals surface area (Å²) in [5, 5.41) is -0.297. The van der Waals surface area contributed by atoms with Gasteiger partial charge in [-0.15, -0.1) is 0 Å². The molecular weight excluding hydrogens is 428 g/mol. The Hall–Kier alpha value is -0.0900. The van der Waals surface area contributed by atoms with Gasteiger partial charge in [0.15, 0.2) is 0 Å². The quantitative estimate of drug-likeness (QED) is 0.0853. The molecule has 33 heavy (non-hydrogen) atoms. The number of hydrogen-bond donors (Lipinski definition) is 0. The van der Waals surface area contributed by atoms with Gasteiger partial charge in [-0.3, -0.25) is 4.18 Å². The van der Waals surface area contributed by atoms with Crippen LogP contribution in [-0.4, -0.2) is 20.3 Å². The lowest BCUT2D eigenvalue weighted by Gasteiger charge is -2.17. The van der Waals surface area contributed by atoms with Gasteiger partial charge in [0.25, 0.3) is 10.1 Å². The second kappa shape index (κ2) is 25.0. The van der Waals surface area contributed by atoms with Crippen molar-refractivity contribution in [1.82, 2.24) is 0 Å². The highest BCUT2D eigenvalue weighted by Gasteiger charge is 2.25. The van der Waals surface area contributed by atoms with E-state index < -0.39 is 10.1 Å². The van der Waals surface area contributed by atoms with E-state index in [0.29, 0.717) is 6.61 Å². The molecular formula is C29H60O3S. The zero-order chi connectivity index (χ0) is 24.5. The summed E-state index contributed by atoms with van der Waals surface area (Å²) < 4.78 is 31.0. The summed E-state index contributed by atoms with van der Waals surface area (Å²) >= 11 is 0. The van der Waals surface area contributed by atoms with Gasteiger partial charge in [0, 0.05) is 0 Å². The van der Waals surface area contributed by atoms with Gasteiger partial charge in [0.05, 0.1) is 11.9 Å². The Morgan fingerprint density at radius 3 is 1.21 bits per heavy atom. The Kier molecular flexibility index (Phi) is 24.9. The van der Waals surface area contributed by atoms with Crippen molar-refractivity contribution in [2.45, 2.75) is 180 Å². The molecule has 0 aliphatic rings. The number of hydrogen-bond acceptors (Lipinski definition) is 3. The topological polar surface area (TPSA) is 43.4 Å². The maximum absolute atomic E-state index is 12.8. The molecule has 0 aliphatic heterocycles. The van der Waals surface area contributed by atoms with E-state index in [0.717, 1.165) is 51.4 Å². The number of rotatable bonds is 27. The first-order valence-electron chi connectivity index (χ1n) is 15.0. The van der Waals surface area contributed by atoms with Gasteiger partial charge in [-0.25, -0.2) is 0 Å². The van der Waals surface area contributed by atoms with Crippen LogP contribution in [0.15, 0.2) is 0 Å². The summed E-state index contributed by atoms with van der Waals surface area (Å²) in [7, 11) is -3.42. The Balaban J connectivity index is 3.90. The Morgan fingerprint density at radius 1 is 0.455 bits per heavy atom. The van der Waals surface area contributed by atoms with Gasteiger partial charge in [0.2, 0.25) is 0 Å². The fraction of sp³-hybridized carbons (Fsp3) is 1.00. The molecule has 1 unspecified atom stereocenters. The molecule has 0 fully saturated rings. The molecule has 3 nitrogen and oxygen atoms in total. The van der Waals surface area contributed by atoms with Crippen molar-refractivity contribution in [2.75, 3.05) is 6.61 Å². The van der Waals surface area contributed by atoms with Crippen molar-refractivity contribution in [3.63, 3.8) is 0 Å². The van der Waals surface area contributed by atoms with Crippen molar-refractivity contribution in [3.05, 3.63) is 0 Å². The van der Waals surface area contributed by atoms with Crippen LogP contribution in [0.25, 0.3) is 0 Å². The lowest BCUT2D eigenvalue weighted by atomic mass is 10.0. The molecule has 0 aromatic rings. The zero-order valence-corrected chi connectivity index (χ0v) is 23.7. The highest BCUT2D eigenvalue weighted by atomic mass is 32.2. The first-order chi connectivity index (χ1) is 16.1. The molecule has 0 amide bonds. The maximum atomic E-state index is 12.8. The van der Waals surface area contributed by atoms with Crippen LogP contribution in [0.4, 0.5) is 0 Å². The van der Waals surface area contributed by atoms with Gasteiger partial charge in [0.1, 0.15) is 0 Å². The molecule has 200 valence electrons. The molecule has 0 rings (SSSR count). The lowest BCUT2D eigenvalue weighted by Crippen LogP contribution is -2.24. The lowest BCUT2D eigenvalue weighted by molar-refractivity contribution is 0.296. The highest BCUT2D eigenvalue weighted by Crippen LogP contribution is 2.21. The maximum Gasteiger partial charge on any atom is 0.270 e. The Bertz CT molecular complexity index is 475. The van der Waals surface area contributed by atoms with E-state index in [1.54, 1.807) is 0 Å². The van der Waals surface area contributed by atoms with Crippen LogP contribution < -0.4 is 0 Å². The smallest absolute Gasteiger partial charge is 0.270 e. The third-order valence-electron chi connectivity index (χ3n) is 6.91. The van der Waals surface area contributed by atoms with Crippen LogP contribution in [0.5, 0.6) is 0 Å². The summed E-state index contributed by atoms with van der Waals surface area (Å²) in [6.45, 7) is 7.03. The van der Waals surface area contributed by atoms with Gasteiger partial charge >= 0.3 is 0 Å². The van der Waals surface area contributed by atoms with Crippen molar-refractivity contribution in [3.8, 4) is 0 Å². The SMILES string of the molecule is CCCCCCCCCCCCOS(=O)(=O)C(CCCC)CCCCCCCCCCCC. The van der Waals surface area contributed by atoms with Crippen LogP contribution in [0.3, 0.4) is 0 Å². The summed E-state index contributed by atoms with van der Waals surface area (Å²) in [5.41, 5.74) is 0. The van der Waals surface area contributed by atoms with Crippen LogP contribution in [0, 0.1) is 0 Å². The Morgan fingerprint density at radius 2 is 0.788 bits per heavy atom. The minimum Gasteiger partial charge on any atom is -0.270 e. The minimum atomic E-state index is -3.42. The average molecular weight is 489 g/mol. The van der Waals surface area contributed by atoms with Crippen molar-refractivity contribution in [2.24, 2.45) is 0 Å². The van der Waals surface area contributed by atoms with Crippen LogP contribution >= 0.6 is 0 Å². The summed E-state index contributed by atoms with van der Waals surface area (Å²) in [5.74, 6) is 0. The Labute approximate surface area is 209 Å². The molecule has 0 aliphatic carbocycles. The third kappa shape index (κ3) is 22.1. The number of unbranched alkanes of at least 4 members (excludes halogenated alkanes) is 19. The van der Waals surface area contributed by atoms with E-state index in [2.05, 4.69) is 20.8 Å². The van der Waals surface area contributed by atoms with Gasteiger partial charge < -0.3 is 0 Å². The largest absolute Gasteiger partial charge is 0.270 e. The summed E-state index contributed by atoms with van der Waals surface area (Å²) in [6, 6.07) is 0. The normalized spacial score (nSPS) is 12.9. The fourth-order valence-electron chi connectivity index (χ4n) is 4.59. The standard InChI is InChI=1S/C29H60O3S/c1-4-7-10-12-14-16-18-20-22-24-27-29(26-9-6-3)33(30,31)32-28-25-23-21-19-17-15-13-11-8-5-2/h29H,4-28H2,1-3H3. The molecule has 0 saturated heterocycles. The summed E-state index contributed by atoms with van der Waals surface area (Å²) in [4.78, 5) is 0. The monoisotopic (exact) mass is 488 g/mol. The van der Waals surface area contributed by atoms with Crippen LogP contribution in [0.1, 0.15) is 175 Å². The van der Waals surface area contributed by atoms with E-state index in [1.165, 1.54) is 103 Å². The van der Waals surface area contributed by atoms with E-state index in [-0.39, 0.29) is 5.25 Å². The van der Waals surface area contributed by atoms with Gasteiger partial charge in [-0.1, -0.05) is 156 Å². The highest BCUT2D eigenvalue weighted by molar-refractivity contribution is 7.87. The predicted molar refractivity (Wildman–Crippen MR) is 146 cm³/mol. The van der Waals surface area contributed by atoms with Crippen LogP contribution in [0.2, 0.25) is 0 Å². The molecule has 0 heterocycles. The first-order valence-corrected chi connectivity index (χ1v) is 16.4. The molecule has 0 bridgehead atoms.